The average Bonchev–Trinajstić information content (AvgIpc) is 2.95. The Morgan fingerprint density at radius 2 is 1.75 bits per heavy atom. The van der Waals surface area contributed by atoms with Gasteiger partial charge in [0.05, 0.1) is 15.9 Å². The second-order valence-electron chi connectivity index (χ2n) is 4.21. The first-order valence-corrected chi connectivity index (χ1v) is 7.04. The Bertz CT molecular complexity index is 922. The van der Waals surface area contributed by atoms with Crippen LogP contribution in [0.4, 0.5) is 0 Å². The summed E-state index contributed by atoms with van der Waals surface area (Å²) in [6.45, 7) is 1.64. The smallest absolute Gasteiger partial charge is 0.306 e. The molecule has 0 aliphatic carbocycles. The number of fused-ring (bicyclic) bond motifs is 1. The highest BCUT2D eigenvalue weighted by Crippen LogP contribution is 2.20. The van der Waals surface area contributed by atoms with Gasteiger partial charge in [-0.05, 0) is 24.6 Å². The zero-order valence-corrected chi connectivity index (χ0v) is 11.1. The second-order valence-corrected chi connectivity index (χ2v) is 5.84. The lowest BCUT2D eigenvalue weighted by Crippen LogP contribution is -2.22. The van der Waals surface area contributed by atoms with E-state index in [1.807, 2.05) is 0 Å². The number of benzene rings is 1. The third-order valence-corrected chi connectivity index (χ3v) is 4.22. The van der Waals surface area contributed by atoms with E-state index in [0.29, 0.717) is 16.6 Å². The lowest BCUT2D eigenvalue weighted by atomic mass is 10.2. The molecule has 0 fully saturated rings. The fourth-order valence-corrected chi connectivity index (χ4v) is 3.12. The maximum atomic E-state index is 12.3. The van der Waals surface area contributed by atoms with Gasteiger partial charge in [0, 0.05) is 0 Å². The van der Waals surface area contributed by atoms with E-state index in [-0.39, 0.29) is 10.6 Å². The molecule has 104 valence electrons. The first-order valence-electron chi connectivity index (χ1n) is 5.56. The van der Waals surface area contributed by atoms with Gasteiger partial charge in [-0.25, -0.2) is 14.3 Å². The van der Waals surface area contributed by atoms with E-state index < -0.39 is 10.0 Å². The van der Waals surface area contributed by atoms with Gasteiger partial charge in [0.15, 0.2) is 0 Å². The highest BCUT2D eigenvalue weighted by atomic mass is 32.2. The Morgan fingerprint density at radius 1 is 1.15 bits per heavy atom. The van der Waals surface area contributed by atoms with Gasteiger partial charge in [-0.1, -0.05) is 0 Å². The maximum Gasteiger partial charge on any atom is 0.323 e. The summed E-state index contributed by atoms with van der Waals surface area (Å²) in [5.74, 6) is 0. The SMILES string of the molecule is Cc1cc2[nH]c(=O)[nH]c2cc1S(=O)(=O)Nn1cnnc1. The quantitative estimate of drug-likeness (QED) is 0.611. The number of rotatable bonds is 3. The molecule has 0 bridgehead atoms. The van der Waals surface area contributed by atoms with Crippen molar-refractivity contribution < 1.29 is 8.42 Å². The molecule has 0 saturated heterocycles. The predicted molar refractivity (Wildman–Crippen MR) is 70.2 cm³/mol. The number of nitrogens with one attached hydrogen (secondary N) is 3. The van der Waals surface area contributed by atoms with Crippen LogP contribution in [0.3, 0.4) is 0 Å². The van der Waals surface area contributed by atoms with E-state index in [0.717, 1.165) is 4.68 Å². The number of aryl methyl sites for hydroxylation is 1. The summed E-state index contributed by atoms with van der Waals surface area (Å²) in [4.78, 5) is 18.7. The van der Waals surface area contributed by atoms with E-state index in [9.17, 15) is 13.2 Å². The summed E-state index contributed by atoms with van der Waals surface area (Å²) in [7, 11) is -3.80. The van der Waals surface area contributed by atoms with Crippen molar-refractivity contribution in [3.63, 3.8) is 0 Å². The van der Waals surface area contributed by atoms with Gasteiger partial charge >= 0.3 is 5.69 Å². The molecular weight excluding hydrogens is 284 g/mol. The highest BCUT2D eigenvalue weighted by molar-refractivity contribution is 7.92. The van der Waals surface area contributed by atoms with E-state index in [2.05, 4.69) is 25.0 Å². The van der Waals surface area contributed by atoms with Crippen molar-refractivity contribution >= 4 is 21.1 Å². The van der Waals surface area contributed by atoms with Crippen LogP contribution in [0.25, 0.3) is 11.0 Å². The topological polar surface area (TPSA) is 126 Å². The molecule has 0 aliphatic heterocycles. The zero-order valence-electron chi connectivity index (χ0n) is 10.3. The van der Waals surface area contributed by atoms with Gasteiger partial charge in [-0.3, -0.25) is 0 Å². The van der Waals surface area contributed by atoms with E-state index >= 15 is 0 Å². The van der Waals surface area contributed by atoms with Crippen molar-refractivity contribution in [3.05, 3.63) is 40.8 Å². The molecule has 0 amide bonds. The first kappa shape index (κ1) is 12.4. The molecule has 10 heteroatoms. The molecule has 3 rings (SSSR count). The van der Waals surface area contributed by atoms with Crippen LogP contribution in [-0.4, -0.2) is 33.3 Å². The van der Waals surface area contributed by atoms with E-state index in [4.69, 9.17) is 0 Å². The number of nitrogens with zero attached hydrogens (tertiary/aromatic N) is 3. The minimum absolute atomic E-state index is 0.0638. The molecule has 0 spiro atoms. The average molecular weight is 294 g/mol. The Kier molecular flexibility index (Phi) is 2.61. The lowest BCUT2D eigenvalue weighted by molar-refractivity contribution is 0.594. The molecule has 1 aromatic carbocycles. The molecule has 9 nitrogen and oxygen atoms in total. The molecule has 3 N–H and O–H groups in total. The third kappa shape index (κ3) is 2.05. The summed E-state index contributed by atoms with van der Waals surface area (Å²) in [5.41, 5.74) is 1.09. The van der Waals surface area contributed by atoms with Crippen LogP contribution in [-0.2, 0) is 10.0 Å². The van der Waals surface area contributed by atoms with Crippen LogP contribution in [0.5, 0.6) is 0 Å². The van der Waals surface area contributed by atoms with Crippen LogP contribution >= 0.6 is 0 Å². The summed E-state index contributed by atoms with van der Waals surface area (Å²) in [6, 6.07) is 2.99. The van der Waals surface area contributed by atoms with E-state index in [1.54, 1.807) is 13.0 Å². The van der Waals surface area contributed by atoms with Crippen LogP contribution < -0.4 is 10.5 Å². The molecular formula is C10H10N6O3S. The third-order valence-electron chi connectivity index (χ3n) is 2.75. The molecule has 20 heavy (non-hydrogen) atoms. The van der Waals surface area contributed by atoms with E-state index in [1.165, 1.54) is 18.7 Å². The molecule has 2 heterocycles. The number of hydrogen-bond donors (Lipinski definition) is 3. The van der Waals surface area contributed by atoms with Crippen LogP contribution in [0.1, 0.15) is 5.56 Å². The zero-order chi connectivity index (χ0) is 14.3. The van der Waals surface area contributed by atoms with Crippen molar-refractivity contribution in [2.75, 3.05) is 4.83 Å². The van der Waals surface area contributed by atoms with Gasteiger partial charge in [0.2, 0.25) is 0 Å². The Labute approximate surface area is 112 Å². The summed E-state index contributed by atoms with van der Waals surface area (Å²) >= 11 is 0. The molecule has 0 unspecified atom stereocenters. The largest absolute Gasteiger partial charge is 0.323 e. The van der Waals surface area contributed by atoms with Crippen molar-refractivity contribution in [1.82, 2.24) is 24.8 Å². The standard InChI is InChI=1S/C10H10N6O3S/c1-6-2-7-8(14-10(17)13-7)3-9(6)20(18,19)15-16-4-11-12-5-16/h2-5,15H,1H3,(H2,13,14,17). The fraction of sp³-hybridized carbons (Fsp3) is 0.100. The van der Waals surface area contributed by atoms with Crippen molar-refractivity contribution in [3.8, 4) is 0 Å². The number of sulfonamides is 1. The number of hydrogen-bond acceptors (Lipinski definition) is 5. The van der Waals surface area contributed by atoms with Gasteiger partial charge in [-0.15, -0.1) is 10.2 Å². The molecule has 3 aromatic rings. The monoisotopic (exact) mass is 294 g/mol. The van der Waals surface area contributed by atoms with Crippen molar-refractivity contribution in [2.45, 2.75) is 11.8 Å². The molecule has 0 atom stereocenters. The van der Waals surface area contributed by atoms with Crippen molar-refractivity contribution in [2.24, 2.45) is 0 Å². The number of aromatic amines is 2. The summed E-state index contributed by atoms with van der Waals surface area (Å²) in [5, 5.41) is 7.02. The minimum atomic E-state index is -3.80. The summed E-state index contributed by atoms with van der Waals surface area (Å²) in [6.07, 6.45) is 2.45. The van der Waals surface area contributed by atoms with Crippen LogP contribution in [0, 0.1) is 6.92 Å². The lowest BCUT2D eigenvalue weighted by Gasteiger charge is -2.10. The molecule has 0 aliphatic rings. The second kappa shape index (κ2) is 4.20. The molecule has 0 saturated carbocycles. The highest BCUT2D eigenvalue weighted by Gasteiger charge is 2.18. The number of H-pyrrole nitrogens is 2. The predicted octanol–water partition coefficient (Wildman–Crippen LogP) is -0.311. The molecule has 2 aromatic heterocycles. The maximum absolute atomic E-state index is 12.3. The fourth-order valence-electron chi connectivity index (χ4n) is 1.90. The van der Waals surface area contributed by atoms with Gasteiger partial charge in [0.1, 0.15) is 12.7 Å². The first-order chi connectivity index (χ1) is 9.45. The normalized spacial score (nSPS) is 11.8. The van der Waals surface area contributed by atoms with Crippen LogP contribution in [0.15, 0.2) is 34.5 Å². The van der Waals surface area contributed by atoms with Gasteiger partial charge in [-0.2, -0.15) is 8.42 Å². The Morgan fingerprint density at radius 3 is 2.40 bits per heavy atom. The summed E-state index contributed by atoms with van der Waals surface area (Å²) < 4.78 is 25.7. The van der Waals surface area contributed by atoms with Gasteiger partial charge in [0.25, 0.3) is 10.0 Å². The Hall–Kier alpha value is -2.62. The number of aromatic nitrogens is 5. The van der Waals surface area contributed by atoms with Gasteiger partial charge < -0.3 is 9.97 Å². The van der Waals surface area contributed by atoms with Crippen LogP contribution in [0.2, 0.25) is 0 Å². The van der Waals surface area contributed by atoms with Crippen molar-refractivity contribution in [1.29, 1.82) is 0 Å². The molecule has 0 radical (unpaired) electrons. The Balaban J connectivity index is 2.12. The minimum Gasteiger partial charge on any atom is -0.306 e. The number of imidazole rings is 1.